The molecule has 0 amide bonds. The van der Waals surface area contributed by atoms with Crippen molar-refractivity contribution in [3.8, 4) is 84.7 Å². The van der Waals surface area contributed by atoms with Gasteiger partial charge in [-0.3, -0.25) is 0 Å². The molecular formula is C67H44N4O. The van der Waals surface area contributed by atoms with Gasteiger partial charge in [0, 0.05) is 55.3 Å². The van der Waals surface area contributed by atoms with E-state index in [0.29, 0.717) is 17.5 Å². The summed E-state index contributed by atoms with van der Waals surface area (Å²) in [6.45, 7) is 4.78. The number of nitrogens with zero attached hydrogens (tertiary/aromatic N) is 4. The summed E-state index contributed by atoms with van der Waals surface area (Å²) in [4.78, 5) is 15.5. The molecule has 0 atom stereocenters. The quantitative estimate of drug-likeness (QED) is 0.173. The maximum Gasteiger partial charge on any atom is 0.164 e. The average Bonchev–Trinajstić information content (AvgIpc) is 4.02. The van der Waals surface area contributed by atoms with Crippen molar-refractivity contribution in [1.82, 2.24) is 19.5 Å². The van der Waals surface area contributed by atoms with Gasteiger partial charge in [-0.15, -0.1) is 0 Å². The van der Waals surface area contributed by atoms with Crippen LogP contribution < -0.4 is 4.74 Å². The molecule has 0 unspecified atom stereocenters. The van der Waals surface area contributed by atoms with E-state index in [9.17, 15) is 0 Å². The molecule has 10 aromatic carbocycles. The highest BCUT2D eigenvalue weighted by Crippen LogP contribution is 2.63. The maximum atomic E-state index is 6.78. The summed E-state index contributed by atoms with van der Waals surface area (Å²) in [5, 5.41) is 2.47. The van der Waals surface area contributed by atoms with E-state index in [0.717, 1.165) is 56.1 Å². The SMILES string of the molecule is CC1(C)c2ccccc2-c2c1cc(-c1ccc3c(c1)-c1cc(-c4nc(-c5ccccc5)nc(-c5ccccc5)n4)ccc1C31c3ccccc3Oc3ccccc31)c1c3ccccc3n(-c3ccccc3)c21. The Morgan fingerprint density at radius 1 is 0.375 bits per heavy atom. The van der Waals surface area contributed by atoms with Crippen molar-refractivity contribution in [2.24, 2.45) is 0 Å². The van der Waals surface area contributed by atoms with Gasteiger partial charge in [-0.25, -0.2) is 15.0 Å². The highest BCUT2D eigenvalue weighted by Gasteiger charge is 2.51. The van der Waals surface area contributed by atoms with Crippen LogP contribution in [0.15, 0.2) is 231 Å². The second-order valence-corrected chi connectivity index (χ2v) is 19.8. The van der Waals surface area contributed by atoms with E-state index in [1.165, 1.54) is 66.3 Å². The fraction of sp³-hybridized carbons (Fsp3) is 0.0597. The zero-order valence-electron chi connectivity index (χ0n) is 39.6. The molecule has 2 aromatic heterocycles. The van der Waals surface area contributed by atoms with Gasteiger partial charge in [0.25, 0.3) is 0 Å². The molecule has 1 aliphatic heterocycles. The van der Waals surface area contributed by atoms with Crippen molar-refractivity contribution < 1.29 is 4.74 Å². The Kier molecular flexibility index (Phi) is 8.56. The molecule has 0 radical (unpaired) electrons. The molecule has 0 fully saturated rings. The molecule has 2 aliphatic carbocycles. The molecule has 12 aromatic rings. The average molecular weight is 921 g/mol. The molecule has 0 saturated heterocycles. The lowest BCUT2D eigenvalue weighted by Crippen LogP contribution is -2.32. The Balaban J connectivity index is 1.04. The number of aromatic nitrogens is 4. The molecule has 5 nitrogen and oxygen atoms in total. The first-order chi connectivity index (χ1) is 35.5. The summed E-state index contributed by atoms with van der Waals surface area (Å²) < 4.78 is 9.29. The van der Waals surface area contributed by atoms with E-state index in [2.05, 4.69) is 213 Å². The van der Waals surface area contributed by atoms with Gasteiger partial charge in [0.2, 0.25) is 0 Å². The zero-order chi connectivity index (χ0) is 47.7. The first-order valence-electron chi connectivity index (χ1n) is 24.8. The summed E-state index contributed by atoms with van der Waals surface area (Å²) in [5.41, 5.74) is 20.0. The normalized spacial score (nSPS) is 14.0. The van der Waals surface area contributed by atoms with Gasteiger partial charge >= 0.3 is 0 Å². The van der Waals surface area contributed by atoms with Gasteiger partial charge < -0.3 is 9.30 Å². The van der Waals surface area contributed by atoms with Crippen LogP contribution in [0.2, 0.25) is 0 Å². The Morgan fingerprint density at radius 3 is 1.51 bits per heavy atom. The van der Waals surface area contributed by atoms with Crippen LogP contribution >= 0.6 is 0 Å². The van der Waals surface area contributed by atoms with Crippen LogP contribution in [0, 0.1) is 0 Å². The van der Waals surface area contributed by atoms with Gasteiger partial charge in [0.05, 0.1) is 16.4 Å². The smallest absolute Gasteiger partial charge is 0.164 e. The van der Waals surface area contributed by atoms with Gasteiger partial charge in [-0.05, 0) is 98.6 Å². The highest BCUT2D eigenvalue weighted by atomic mass is 16.5. The second-order valence-electron chi connectivity index (χ2n) is 19.8. The largest absolute Gasteiger partial charge is 0.457 e. The predicted octanol–water partition coefficient (Wildman–Crippen LogP) is 16.4. The summed E-state index contributed by atoms with van der Waals surface area (Å²) >= 11 is 0. The molecule has 338 valence electrons. The first kappa shape index (κ1) is 40.7. The number of fused-ring (bicyclic) bond motifs is 16. The van der Waals surface area contributed by atoms with Crippen molar-refractivity contribution >= 4 is 21.8 Å². The summed E-state index contributed by atoms with van der Waals surface area (Å²) in [6.07, 6.45) is 0. The van der Waals surface area contributed by atoms with Gasteiger partial charge in [0.1, 0.15) is 11.5 Å². The third-order valence-electron chi connectivity index (χ3n) is 15.7. The van der Waals surface area contributed by atoms with Crippen molar-refractivity contribution in [2.45, 2.75) is 24.7 Å². The number of benzene rings is 10. The van der Waals surface area contributed by atoms with Gasteiger partial charge in [0.15, 0.2) is 17.5 Å². The number of ether oxygens (including phenoxy) is 1. The Bertz CT molecular complexity index is 4110. The number of hydrogen-bond donors (Lipinski definition) is 0. The topological polar surface area (TPSA) is 52.8 Å². The van der Waals surface area contributed by atoms with Crippen LogP contribution in [0.1, 0.15) is 47.2 Å². The van der Waals surface area contributed by atoms with E-state index in [1.807, 2.05) is 36.4 Å². The van der Waals surface area contributed by atoms with E-state index >= 15 is 0 Å². The first-order valence-corrected chi connectivity index (χ1v) is 24.8. The summed E-state index contributed by atoms with van der Waals surface area (Å²) in [6, 6.07) is 83.0. The maximum absolute atomic E-state index is 6.78. The van der Waals surface area contributed by atoms with E-state index in [4.69, 9.17) is 19.7 Å². The van der Waals surface area contributed by atoms with E-state index in [-0.39, 0.29) is 5.41 Å². The van der Waals surface area contributed by atoms with Crippen molar-refractivity contribution in [3.05, 3.63) is 264 Å². The minimum atomic E-state index is -0.670. The fourth-order valence-corrected chi connectivity index (χ4v) is 12.5. The van der Waals surface area contributed by atoms with E-state index < -0.39 is 5.41 Å². The lowest BCUT2D eigenvalue weighted by molar-refractivity contribution is 0.436. The Labute approximate surface area is 417 Å². The van der Waals surface area contributed by atoms with Crippen molar-refractivity contribution in [3.63, 3.8) is 0 Å². The Hall–Kier alpha value is -9.19. The zero-order valence-corrected chi connectivity index (χ0v) is 39.6. The van der Waals surface area contributed by atoms with Crippen LogP contribution in [0.4, 0.5) is 0 Å². The lowest BCUT2D eigenvalue weighted by Gasteiger charge is -2.39. The highest BCUT2D eigenvalue weighted by molar-refractivity contribution is 6.21. The van der Waals surface area contributed by atoms with Crippen LogP contribution in [0.3, 0.4) is 0 Å². The molecular weight excluding hydrogens is 877 g/mol. The molecule has 3 heterocycles. The third kappa shape index (κ3) is 5.62. The third-order valence-corrected chi connectivity index (χ3v) is 15.7. The molecule has 0 bridgehead atoms. The predicted molar refractivity (Wildman–Crippen MR) is 291 cm³/mol. The van der Waals surface area contributed by atoms with Crippen LogP contribution in [-0.4, -0.2) is 19.5 Å². The van der Waals surface area contributed by atoms with Gasteiger partial charge in [-0.2, -0.15) is 0 Å². The number of para-hydroxylation sites is 4. The molecule has 1 spiro atoms. The monoisotopic (exact) mass is 920 g/mol. The second kappa shape index (κ2) is 15.2. The molecule has 3 aliphatic rings. The van der Waals surface area contributed by atoms with Crippen molar-refractivity contribution in [1.29, 1.82) is 0 Å². The van der Waals surface area contributed by atoms with Crippen LogP contribution in [0.5, 0.6) is 11.5 Å². The number of rotatable bonds is 5. The van der Waals surface area contributed by atoms with Crippen LogP contribution in [0.25, 0.3) is 95.0 Å². The standard InChI is InChI=1S/C67H44N4O/c1-66(2)51-28-14-12-26-46(51)61-56(66)40-48(60-47-27-13-17-31-57(47)71(62(60)61)45-24-10-5-11-25-45)43-34-36-52-49(38-43)50-39-44(65-69-63(41-20-6-3-7-21-41)68-64(70-65)42-22-8-4-9-23-42)35-37-53(50)67(52)54-29-15-18-32-58(54)72-59-33-19-16-30-55(59)67/h3-40H,1-2H3. The van der Waals surface area contributed by atoms with Gasteiger partial charge in [-0.1, -0.05) is 196 Å². The Morgan fingerprint density at radius 2 is 0.875 bits per heavy atom. The molecule has 0 saturated carbocycles. The summed E-state index contributed by atoms with van der Waals surface area (Å²) in [5.74, 6) is 3.60. The molecule has 72 heavy (non-hydrogen) atoms. The number of hydrogen-bond acceptors (Lipinski definition) is 4. The van der Waals surface area contributed by atoms with E-state index in [1.54, 1.807) is 0 Å². The molecule has 0 N–H and O–H groups in total. The fourth-order valence-electron chi connectivity index (χ4n) is 12.5. The minimum Gasteiger partial charge on any atom is -0.457 e. The lowest BCUT2D eigenvalue weighted by atomic mass is 9.66. The molecule has 15 rings (SSSR count). The van der Waals surface area contributed by atoms with Crippen LogP contribution in [-0.2, 0) is 10.8 Å². The summed E-state index contributed by atoms with van der Waals surface area (Å²) in [7, 11) is 0. The van der Waals surface area contributed by atoms with Crippen molar-refractivity contribution in [2.75, 3.05) is 0 Å². The minimum absolute atomic E-state index is 0.244. The molecule has 5 heteroatoms.